The van der Waals surface area contributed by atoms with Crippen LogP contribution in [-0.2, 0) is 14.2 Å². The Morgan fingerprint density at radius 2 is 1.50 bits per heavy atom. The Morgan fingerprint density at radius 3 is 2.21 bits per heavy atom. The fourth-order valence-electron chi connectivity index (χ4n) is 4.61. The fraction of sp³-hybridized carbons (Fsp3) is 0.423. The second-order valence-corrected chi connectivity index (χ2v) is 9.85. The molecular weight excluding hydrogens is 568 g/mol. The Bertz CT molecular complexity index is 1510. The van der Waals surface area contributed by atoms with Gasteiger partial charge in [0.2, 0.25) is 17.5 Å². The third-order valence-corrected chi connectivity index (χ3v) is 6.94. The summed E-state index contributed by atoms with van der Waals surface area (Å²) in [5.41, 5.74) is -1.35. The molecule has 0 bridgehead atoms. The van der Waals surface area contributed by atoms with Crippen molar-refractivity contribution < 1.29 is 74.4 Å². The van der Waals surface area contributed by atoms with E-state index in [2.05, 4.69) is 0 Å². The lowest BCUT2D eigenvalue weighted by Crippen LogP contribution is -2.61. The summed E-state index contributed by atoms with van der Waals surface area (Å²) < 4.78 is 27.5. The molecule has 2 aliphatic rings. The van der Waals surface area contributed by atoms with Gasteiger partial charge in [0.1, 0.15) is 65.2 Å². The topological polar surface area (TPSA) is 269 Å². The molecule has 228 valence electrons. The molecule has 3 aromatic rings. The molecule has 16 heteroatoms. The molecule has 16 nitrogen and oxygen atoms in total. The average Bonchev–Trinajstić information content (AvgIpc) is 2.94. The largest absolute Gasteiger partial charge is 0.508 e. The molecule has 9 atom stereocenters. The van der Waals surface area contributed by atoms with Crippen LogP contribution in [0, 0.1) is 0 Å². The highest BCUT2D eigenvalue weighted by Gasteiger charge is 2.47. The van der Waals surface area contributed by atoms with Crippen LogP contribution in [0.1, 0.15) is 0 Å². The molecule has 0 radical (unpaired) electrons. The van der Waals surface area contributed by atoms with Crippen molar-refractivity contribution in [1.29, 1.82) is 0 Å². The SMILES string of the molecule is O=c1c(O[C@@H]2OC(CO[C@@H]3OC[C@H](O)[C@H](O)C3O)[C@H](O)C(O)C2O)c(-c2ccc(O)c(O)c2)oc2cc(O)cc(O)c12. The molecule has 42 heavy (non-hydrogen) atoms. The predicted molar refractivity (Wildman–Crippen MR) is 136 cm³/mol. The Kier molecular flexibility index (Phi) is 8.17. The van der Waals surface area contributed by atoms with E-state index in [-0.39, 0.29) is 17.8 Å². The lowest BCUT2D eigenvalue weighted by atomic mass is 9.99. The Labute approximate surface area is 235 Å². The summed E-state index contributed by atoms with van der Waals surface area (Å²) in [6.45, 7) is -0.970. The number of fused-ring (bicyclic) bond motifs is 1. The van der Waals surface area contributed by atoms with Gasteiger partial charge < -0.3 is 74.4 Å². The fourth-order valence-corrected chi connectivity index (χ4v) is 4.61. The number of aliphatic hydroxyl groups is 6. The molecule has 0 saturated carbocycles. The van der Waals surface area contributed by atoms with Gasteiger partial charge in [0.15, 0.2) is 23.5 Å². The second kappa shape index (κ2) is 11.5. The van der Waals surface area contributed by atoms with Crippen LogP contribution in [0.5, 0.6) is 28.7 Å². The Hall–Kier alpha value is -3.71. The maximum atomic E-state index is 13.5. The molecule has 0 amide bonds. The number of hydrogen-bond donors (Lipinski definition) is 10. The van der Waals surface area contributed by atoms with E-state index >= 15 is 0 Å². The van der Waals surface area contributed by atoms with Gasteiger partial charge in [-0.1, -0.05) is 0 Å². The number of aromatic hydroxyl groups is 4. The zero-order valence-corrected chi connectivity index (χ0v) is 21.4. The van der Waals surface area contributed by atoms with Crippen molar-refractivity contribution in [2.45, 2.75) is 55.3 Å². The first-order chi connectivity index (χ1) is 19.9. The van der Waals surface area contributed by atoms with Crippen molar-refractivity contribution in [3.63, 3.8) is 0 Å². The monoisotopic (exact) mass is 596 g/mol. The molecule has 2 fully saturated rings. The first-order valence-corrected chi connectivity index (χ1v) is 12.6. The van der Waals surface area contributed by atoms with Gasteiger partial charge in [-0.15, -0.1) is 0 Å². The summed E-state index contributed by atoms with van der Waals surface area (Å²) in [7, 11) is 0. The molecule has 10 N–H and O–H groups in total. The van der Waals surface area contributed by atoms with E-state index in [1.54, 1.807) is 0 Å². The van der Waals surface area contributed by atoms with Gasteiger partial charge in [-0.25, -0.2) is 0 Å². The highest BCUT2D eigenvalue weighted by Crippen LogP contribution is 2.39. The van der Waals surface area contributed by atoms with Crippen molar-refractivity contribution >= 4 is 11.0 Å². The number of phenols is 4. The minimum Gasteiger partial charge on any atom is -0.508 e. The quantitative estimate of drug-likeness (QED) is 0.137. The lowest BCUT2D eigenvalue weighted by Gasteiger charge is -2.41. The van der Waals surface area contributed by atoms with Crippen LogP contribution >= 0.6 is 0 Å². The number of aliphatic hydroxyl groups excluding tert-OH is 6. The van der Waals surface area contributed by atoms with Gasteiger partial charge in [-0.3, -0.25) is 4.79 Å². The summed E-state index contributed by atoms with van der Waals surface area (Å²) in [4.78, 5) is 13.5. The first kappa shape index (κ1) is 29.8. The molecule has 2 aliphatic heterocycles. The molecule has 0 spiro atoms. The molecular formula is C26H28O16. The van der Waals surface area contributed by atoms with Gasteiger partial charge >= 0.3 is 0 Å². The van der Waals surface area contributed by atoms with Crippen molar-refractivity contribution in [3.05, 3.63) is 40.6 Å². The van der Waals surface area contributed by atoms with E-state index in [9.17, 15) is 55.9 Å². The van der Waals surface area contributed by atoms with Crippen molar-refractivity contribution in [3.8, 4) is 40.1 Å². The summed E-state index contributed by atoms with van der Waals surface area (Å²) in [5.74, 6) is -3.33. The maximum absolute atomic E-state index is 13.5. The van der Waals surface area contributed by atoms with Crippen LogP contribution in [0.3, 0.4) is 0 Å². The molecule has 2 saturated heterocycles. The summed E-state index contributed by atoms with van der Waals surface area (Å²) in [6, 6.07) is 5.23. The number of rotatable bonds is 6. The zero-order chi connectivity index (χ0) is 30.5. The van der Waals surface area contributed by atoms with E-state index in [4.69, 9.17) is 23.4 Å². The van der Waals surface area contributed by atoms with Gasteiger partial charge in [0.05, 0.1) is 13.2 Å². The molecule has 4 unspecified atom stereocenters. The van der Waals surface area contributed by atoms with Crippen LogP contribution in [0.25, 0.3) is 22.3 Å². The zero-order valence-electron chi connectivity index (χ0n) is 21.4. The molecule has 3 heterocycles. The van der Waals surface area contributed by atoms with Crippen LogP contribution in [0.4, 0.5) is 0 Å². The highest BCUT2D eigenvalue weighted by atomic mass is 16.7. The first-order valence-electron chi connectivity index (χ1n) is 12.6. The third-order valence-electron chi connectivity index (χ3n) is 6.94. The second-order valence-electron chi connectivity index (χ2n) is 9.85. The van der Waals surface area contributed by atoms with E-state index in [0.29, 0.717) is 0 Å². The number of benzene rings is 2. The van der Waals surface area contributed by atoms with E-state index in [0.717, 1.165) is 24.3 Å². The molecule has 0 aliphatic carbocycles. The summed E-state index contributed by atoms with van der Waals surface area (Å²) >= 11 is 0. The van der Waals surface area contributed by atoms with E-state index in [1.807, 2.05) is 0 Å². The summed E-state index contributed by atoms with van der Waals surface area (Å²) in [5, 5.41) is 101. The standard InChI is InChI=1S/C26H28O16/c27-9-4-12(30)16-14(5-9)40-23(8-1-2-10(28)11(29)3-8)24(19(16)34)42-26-22(37)20(35)18(33)15(41-26)7-39-25-21(36)17(32)13(31)6-38-25/h1-5,13,15,17-18,20-22,25-33,35-37H,6-7H2/t13-,15?,17-,18-,20?,21?,22?,25-,26-/m0/s1. The maximum Gasteiger partial charge on any atom is 0.239 e. The normalized spacial score (nSPS) is 31.7. The Balaban J connectivity index is 1.48. The summed E-state index contributed by atoms with van der Waals surface area (Å²) in [6.07, 6.45) is -15.1. The van der Waals surface area contributed by atoms with Crippen molar-refractivity contribution in [2.75, 3.05) is 13.2 Å². The highest BCUT2D eigenvalue weighted by molar-refractivity contribution is 5.88. The van der Waals surface area contributed by atoms with Gasteiger partial charge in [0, 0.05) is 17.7 Å². The van der Waals surface area contributed by atoms with Crippen LogP contribution in [0.15, 0.2) is 39.5 Å². The van der Waals surface area contributed by atoms with Crippen LogP contribution in [0.2, 0.25) is 0 Å². The average molecular weight is 596 g/mol. The minimum atomic E-state index is -1.96. The molecule has 1 aromatic heterocycles. The third kappa shape index (κ3) is 5.42. The van der Waals surface area contributed by atoms with Crippen molar-refractivity contribution in [2.24, 2.45) is 0 Å². The van der Waals surface area contributed by atoms with Gasteiger partial charge in [-0.2, -0.15) is 0 Å². The van der Waals surface area contributed by atoms with Gasteiger partial charge in [0.25, 0.3) is 0 Å². The molecule has 5 rings (SSSR count). The Morgan fingerprint density at radius 1 is 0.786 bits per heavy atom. The van der Waals surface area contributed by atoms with Crippen LogP contribution in [-0.4, -0.2) is 120 Å². The minimum absolute atomic E-state index is 0.0305. The number of hydrogen-bond acceptors (Lipinski definition) is 16. The van der Waals surface area contributed by atoms with E-state index in [1.165, 1.54) is 6.07 Å². The van der Waals surface area contributed by atoms with Crippen LogP contribution < -0.4 is 10.2 Å². The smallest absolute Gasteiger partial charge is 0.239 e. The van der Waals surface area contributed by atoms with Crippen molar-refractivity contribution in [1.82, 2.24) is 0 Å². The van der Waals surface area contributed by atoms with E-state index < -0.39 is 107 Å². The lowest BCUT2D eigenvalue weighted by molar-refractivity contribution is -0.307. The number of phenolic OH excluding ortho intramolecular Hbond substituents is 4. The molecule has 2 aromatic carbocycles. The predicted octanol–water partition coefficient (Wildman–Crippen LogP) is -2.08. The van der Waals surface area contributed by atoms with Gasteiger partial charge in [-0.05, 0) is 18.2 Å². The number of ether oxygens (including phenoxy) is 4.